The molecule has 118 valence electrons. The van der Waals surface area contributed by atoms with E-state index in [0.29, 0.717) is 29.4 Å². The van der Waals surface area contributed by atoms with Crippen LogP contribution in [-0.4, -0.2) is 50.1 Å². The Kier molecular flexibility index (Phi) is 5.33. The van der Waals surface area contributed by atoms with Gasteiger partial charge in [0.2, 0.25) is 0 Å². The normalized spacial score (nSPS) is 15.5. The lowest BCUT2D eigenvalue weighted by molar-refractivity contribution is 0.0714. The molecule has 7 nitrogen and oxygen atoms in total. The monoisotopic (exact) mass is 342 g/mol. The van der Waals surface area contributed by atoms with E-state index in [1.54, 1.807) is 23.1 Å². The molecule has 0 spiro atoms. The summed E-state index contributed by atoms with van der Waals surface area (Å²) in [5.74, 6) is -0.0742. The van der Waals surface area contributed by atoms with Crippen LogP contribution in [0.5, 0.6) is 0 Å². The number of rotatable bonds is 2. The minimum Gasteiger partial charge on any atom is -0.338 e. The van der Waals surface area contributed by atoms with E-state index >= 15 is 0 Å². The molecule has 2 heterocycles. The number of carbonyl (C=O) groups excluding carboxylic acids is 1. The van der Waals surface area contributed by atoms with Gasteiger partial charge in [-0.05, 0) is 41.5 Å². The number of hydrogen-bond donors (Lipinski definition) is 1. The van der Waals surface area contributed by atoms with E-state index in [0.717, 1.165) is 12.8 Å². The van der Waals surface area contributed by atoms with Crippen LogP contribution in [-0.2, 0) is 0 Å². The fraction of sp³-hybridized carbons (Fsp3) is 0.385. The van der Waals surface area contributed by atoms with Crippen molar-refractivity contribution in [1.82, 2.24) is 25.1 Å². The first kappa shape index (κ1) is 16.7. The van der Waals surface area contributed by atoms with Crippen molar-refractivity contribution in [1.29, 1.82) is 0 Å². The third-order valence-corrected chi connectivity index (χ3v) is 3.85. The summed E-state index contributed by atoms with van der Waals surface area (Å²) in [5, 5.41) is 11.5. The van der Waals surface area contributed by atoms with Crippen molar-refractivity contribution < 1.29 is 4.79 Å². The average molecular weight is 343 g/mol. The number of likely N-dealkylation sites (tertiary alicyclic amines) is 1. The van der Waals surface area contributed by atoms with Gasteiger partial charge in [-0.1, -0.05) is 11.6 Å². The highest BCUT2D eigenvalue weighted by Crippen LogP contribution is 2.22. The molecule has 0 radical (unpaired) electrons. The molecule has 1 aromatic carbocycles. The summed E-state index contributed by atoms with van der Waals surface area (Å²) >= 11 is 6.03. The molecule has 2 aromatic rings. The molecule has 1 saturated heterocycles. The molecule has 0 saturated carbocycles. The molecule has 1 amide bonds. The number of benzene rings is 1. The summed E-state index contributed by atoms with van der Waals surface area (Å²) in [7, 11) is 0. The van der Waals surface area contributed by atoms with Crippen LogP contribution in [0, 0.1) is 0 Å². The molecule has 0 unspecified atom stereocenters. The fourth-order valence-electron chi connectivity index (χ4n) is 2.42. The summed E-state index contributed by atoms with van der Waals surface area (Å²) in [6, 6.07) is 5.27. The highest BCUT2D eigenvalue weighted by Gasteiger charge is 2.24. The van der Waals surface area contributed by atoms with Crippen LogP contribution in [0.15, 0.2) is 24.5 Å². The van der Waals surface area contributed by atoms with Crippen molar-refractivity contribution in [3.8, 4) is 5.69 Å². The van der Waals surface area contributed by atoms with Gasteiger partial charge >= 0.3 is 0 Å². The zero-order chi connectivity index (χ0) is 14.8. The fourth-order valence-corrected chi connectivity index (χ4v) is 2.60. The first-order valence-corrected chi connectivity index (χ1v) is 7.11. The molecule has 1 fully saturated rings. The van der Waals surface area contributed by atoms with E-state index < -0.39 is 0 Å². The van der Waals surface area contributed by atoms with Gasteiger partial charge in [-0.2, -0.15) is 4.68 Å². The quantitative estimate of drug-likeness (QED) is 0.888. The second-order valence-electron chi connectivity index (χ2n) is 5.05. The van der Waals surface area contributed by atoms with Gasteiger partial charge in [0.1, 0.15) is 6.33 Å². The molecule has 1 aliphatic rings. The standard InChI is InChI=1S/C13H15ClN6O.ClH/c14-9-1-2-12(20-8-16-17-18-20)11(7-9)13(21)19-5-3-10(15)4-6-19;/h1-2,7-8,10H,3-6,15H2;1H. The van der Waals surface area contributed by atoms with Crippen LogP contribution in [0.4, 0.5) is 0 Å². The van der Waals surface area contributed by atoms with E-state index in [-0.39, 0.29) is 24.4 Å². The minimum atomic E-state index is -0.0742. The van der Waals surface area contributed by atoms with Crippen LogP contribution in [0.1, 0.15) is 23.2 Å². The van der Waals surface area contributed by atoms with E-state index in [9.17, 15) is 4.79 Å². The van der Waals surface area contributed by atoms with Gasteiger partial charge in [0.05, 0.1) is 11.3 Å². The number of halogens is 2. The molecular weight excluding hydrogens is 327 g/mol. The van der Waals surface area contributed by atoms with Crippen molar-refractivity contribution >= 4 is 29.9 Å². The second-order valence-corrected chi connectivity index (χ2v) is 5.48. The maximum atomic E-state index is 12.7. The number of nitrogens with zero attached hydrogens (tertiary/aromatic N) is 5. The van der Waals surface area contributed by atoms with Crippen molar-refractivity contribution in [2.45, 2.75) is 18.9 Å². The molecule has 3 rings (SSSR count). The Balaban J connectivity index is 0.00000176. The van der Waals surface area contributed by atoms with Gasteiger partial charge < -0.3 is 10.6 Å². The van der Waals surface area contributed by atoms with Crippen LogP contribution in [0.2, 0.25) is 5.02 Å². The minimum absolute atomic E-state index is 0. The molecule has 1 aromatic heterocycles. The number of piperidine rings is 1. The summed E-state index contributed by atoms with van der Waals surface area (Å²) in [5.41, 5.74) is 6.98. The smallest absolute Gasteiger partial charge is 0.256 e. The highest BCUT2D eigenvalue weighted by molar-refractivity contribution is 6.31. The first-order chi connectivity index (χ1) is 10.1. The Morgan fingerprint density at radius 2 is 2.05 bits per heavy atom. The largest absolute Gasteiger partial charge is 0.338 e. The molecule has 0 atom stereocenters. The van der Waals surface area contributed by atoms with Gasteiger partial charge in [0.15, 0.2) is 0 Å². The Bertz CT molecular complexity index is 640. The predicted octanol–water partition coefficient (Wildman–Crippen LogP) is 1.30. The summed E-state index contributed by atoms with van der Waals surface area (Å²) in [6.07, 6.45) is 3.07. The van der Waals surface area contributed by atoms with E-state index in [1.807, 2.05) is 0 Å². The van der Waals surface area contributed by atoms with Crippen LogP contribution < -0.4 is 5.73 Å². The van der Waals surface area contributed by atoms with Gasteiger partial charge in [-0.15, -0.1) is 17.5 Å². The third-order valence-electron chi connectivity index (χ3n) is 3.61. The Labute approximate surface area is 138 Å². The number of carbonyl (C=O) groups is 1. The average Bonchev–Trinajstić information content (AvgIpc) is 3.01. The van der Waals surface area contributed by atoms with Gasteiger partial charge in [-0.25, -0.2) is 0 Å². The van der Waals surface area contributed by atoms with Crippen LogP contribution in [0.3, 0.4) is 0 Å². The van der Waals surface area contributed by atoms with E-state index in [2.05, 4.69) is 15.5 Å². The number of tetrazole rings is 1. The molecule has 0 aliphatic carbocycles. The summed E-state index contributed by atoms with van der Waals surface area (Å²) in [6.45, 7) is 1.31. The van der Waals surface area contributed by atoms with E-state index in [4.69, 9.17) is 17.3 Å². The molecule has 9 heteroatoms. The summed E-state index contributed by atoms with van der Waals surface area (Å²) in [4.78, 5) is 14.5. The zero-order valence-electron chi connectivity index (χ0n) is 11.7. The molecule has 1 aliphatic heterocycles. The van der Waals surface area contributed by atoms with Gasteiger partial charge in [-0.3, -0.25) is 4.79 Å². The molecule has 2 N–H and O–H groups in total. The summed E-state index contributed by atoms with van der Waals surface area (Å²) < 4.78 is 1.46. The topological polar surface area (TPSA) is 89.9 Å². The first-order valence-electron chi connectivity index (χ1n) is 6.73. The Morgan fingerprint density at radius 1 is 1.32 bits per heavy atom. The van der Waals surface area contributed by atoms with Crippen molar-refractivity contribution in [3.63, 3.8) is 0 Å². The Hall–Kier alpha value is -1.70. The lowest BCUT2D eigenvalue weighted by Crippen LogP contribution is -2.43. The number of nitrogens with two attached hydrogens (primary N) is 1. The van der Waals surface area contributed by atoms with Crippen molar-refractivity contribution in [2.75, 3.05) is 13.1 Å². The zero-order valence-corrected chi connectivity index (χ0v) is 13.3. The number of amides is 1. The van der Waals surface area contributed by atoms with Crippen LogP contribution >= 0.6 is 24.0 Å². The SMILES string of the molecule is Cl.NC1CCN(C(=O)c2cc(Cl)ccc2-n2cnnn2)CC1. The van der Waals surface area contributed by atoms with Crippen molar-refractivity contribution in [2.24, 2.45) is 5.73 Å². The van der Waals surface area contributed by atoms with Gasteiger partial charge in [0, 0.05) is 24.2 Å². The highest BCUT2D eigenvalue weighted by atomic mass is 35.5. The van der Waals surface area contributed by atoms with Crippen LogP contribution in [0.25, 0.3) is 5.69 Å². The van der Waals surface area contributed by atoms with Crippen molar-refractivity contribution in [3.05, 3.63) is 35.1 Å². The number of aromatic nitrogens is 4. The maximum Gasteiger partial charge on any atom is 0.256 e. The maximum absolute atomic E-state index is 12.7. The second kappa shape index (κ2) is 7.04. The third kappa shape index (κ3) is 3.37. The van der Waals surface area contributed by atoms with Gasteiger partial charge in [0.25, 0.3) is 5.91 Å². The predicted molar refractivity (Wildman–Crippen MR) is 84.5 cm³/mol. The molecule has 0 bridgehead atoms. The molecular formula is C13H16Cl2N6O. The Morgan fingerprint density at radius 3 is 2.68 bits per heavy atom. The number of hydrogen-bond acceptors (Lipinski definition) is 5. The molecule has 22 heavy (non-hydrogen) atoms. The van der Waals surface area contributed by atoms with E-state index in [1.165, 1.54) is 11.0 Å². The lowest BCUT2D eigenvalue weighted by atomic mass is 10.0. The lowest BCUT2D eigenvalue weighted by Gasteiger charge is -2.30.